The molecule has 476 valence electrons. The number of nitrogens with zero attached hydrogens (tertiary/aromatic N) is 1. The van der Waals surface area contributed by atoms with E-state index in [0.29, 0.717) is 17.4 Å². The average molecular weight is 1150 g/mol. The third-order valence-electron chi connectivity index (χ3n) is 16.7. The first-order valence-corrected chi connectivity index (χ1v) is 37.2. The van der Waals surface area contributed by atoms with E-state index in [1.165, 1.54) is 315 Å². The second-order valence-electron chi connectivity index (χ2n) is 25.9. The number of nitrogens with one attached hydrogen (secondary N) is 1. The molecule has 0 spiro atoms. The fraction of sp³-hybridized carbons (Fsp3) is 0.930. The number of likely N-dealkylation sites (N-methyl/N-ethyl adjacent to an activating group) is 1. The van der Waals surface area contributed by atoms with E-state index in [4.69, 9.17) is 9.05 Å². The number of carbonyl (C=O) groups excluding carboxylic acids is 1. The summed E-state index contributed by atoms with van der Waals surface area (Å²) in [6, 6.07) is -0.902. The largest absolute Gasteiger partial charge is 0.756 e. The van der Waals surface area contributed by atoms with Crippen molar-refractivity contribution in [2.24, 2.45) is 0 Å². The van der Waals surface area contributed by atoms with Gasteiger partial charge in [0.05, 0.1) is 39.9 Å². The number of unbranched alkanes of at least 4 members (excludes halogenated alkanes) is 52. The van der Waals surface area contributed by atoms with Crippen LogP contribution in [-0.4, -0.2) is 68.5 Å². The Hall–Kier alpha value is -1.02. The molecule has 1 amide bonds. The van der Waals surface area contributed by atoms with Gasteiger partial charge in [-0.05, 0) is 32.1 Å². The third-order valence-corrected chi connectivity index (χ3v) is 17.6. The Labute approximate surface area is 500 Å². The standard InChI is InChI=1S/C71H141N2O6P/c1-6-8-10-12-14-16-18-20-22-24-26-28-30-32-34-35-36-37-39-41-43-45-47-49-51-53-55-57-59-61-63-65-71(75)72-69(68-79-80(76,77)78-67-66-73(3,4)5)70(74)64-62-60-58-56-54-52-50-48-46-44-42-40-38-33-31-29-27-25-23-21-19-17-15-13-11-9-7-2/h54,56,62,64,69-70,74H,6-53,55,57-61,63,65-68H2,1-5H3,(H-,72,75,76,77)/b56-54+,64-62+. The number of aliphatic hydroxyl groups excluding tert-OH is 1. The molecular weight excluding hydrogens is 1010 g/mol. The summed E-state index contributed by atoms with van der Waals surface area (Å²) >= 11 is 0. The van der Waals surface area contributed by atoms with Crippen LogP contribution in [-0.2, 0) is 18.4 Å². The Morgan fingerprint density at radius 1 is 0.425 bits per heavy atom. The van der Waals surface area contributed by atoms with Gasteiger partial charge >= 0.3 is 0 Å². The predicted molar refractivity (Wildman–Crippen MR) is 349 cm³/mol. The smallest absolute Gasteiger partial charge is 0.268 e. The SMILES string of the molecule is CCCCCCCCCCCCCCCCCCCCCCC/C=C/CC/C=C/C(O)C(COP(=O)([O-])OCC[N+](C)(C)C)NC(=O)CCCCCCCCCCCCCCCCCCCCCCCCCCCCCCCCC. The summed E-state index contributed by atoms with van der Waals surface area (Å²) in [5, 5.41) is 13.9. The van der Waals surface area contributed by atoms with E-state index in [1.807, 2.05) is 27.2 Å². The fourth-order valence-electron chi connectivity index (χ4n) is 11.1. The monoisotopic (exact) mass is 1150 g/mol. The lowest BCUT2D eigenvalue weighted by molar-refractivity contribution is -0.870. The summed E-state index contributed by atoms with van der Waals surface area (Å²) in [6.45, 7) is 4.70. The van der Waals surface area contributed by atoms with Gasteiger partial charge in [-0.25, -0.2) is 0 Å². The highest BCUT2D eigenvalue weighted by Crippen LogP contribution is 2.38. The zero-order chi connectivity index (χ0) is 58.4. The minimum absolute atomic E-state index is 0.00338. The van der Waals surface area contributed by atoms with E-state index in [0.717, 1.165) is 38.5 Å². The minimum atomic E-state index is -4.61. The topological polar surface area (TPSA) is 108 Å². The number of phosphoric acid groups is 1. The highest BCUT2D eigenvalue weighted by Gasteiger charge is 2.23. The molecule has 0 fully saturated rings. The van der Waals surface area contributed by atoms with Crippen LogP contribution in [0.25, 0.3) is 0 Å². The summed E-state index contributed by atoms with van der Waals surface area (Å²) in [5.74, 6) is -0.198. The van der Waals surface area contributed by atoms with Gasteiger partial charge in [-0.3, -0.25) is 9.36 Å². The van der Waals surface area contributed by atoms with Gasteiger partial charge in [0.15, 0.2) is 0 Å². The molecular formula is C71H141N2O6P. The van der Waals surface area contributed by atoms with Crippen molar-refractivity contribution in [1.82, 2.24) is 5.32 Å². The van der Waals surface area contributed by atoms with Crippen molar-refractivity contribution in [2.75, 3.05) is 40.9 Å². The van der Waals surface area contributed by atoms with E-state index in [9.17, 15) is 19.4 Å². The molecule has 9 heteroatoms. The van der Waals surface area contributed by atoms with Gasteiger partial charge in [0.2, 0.25) is 5.91 Å². The normalized spacial score (nSPS) is 13.7. The molecule has 2 N–H and O–H groups in total. The Balaban J connectivity index is 4.05. The van der Waals surface area contributed by atoms with E-state index in [1.54, 1.807) is 6.08 Å². The van der Waals surface area contributed by atoms with E-state index in [2.05, 4.69) is 31.3 Å². The first-order chi connectivity index (χ1) is 39.0. The summed E-state index contributed by atoms with van der Waals surface area (Å²) in [6.07, 6.45) is 81.8. The molecule has 0 aliphatic heterocycles. The average Bonchev–Trinajstić information content (AvgIpc) is 3.42. The van der Waals surface area contributed by atoms with E-state index in [-0.39, 0.29) is 19.1 Å². The zero-order valence-electron chi connectivity index (χ0n) is 54.6. The number of amides is 1. The molecule has 80 heavy (non-hydrogen) atoms. The van der Waals surface area contributed by atoms with Crippen LogP contribution in [0.1, 0.15) is 373 Å². The Morgan fingerprint density at radius 3 is 1.01 bits per heavy atom. The van der Waals surface area contributed by atoms with Crippen molar-refractivity contribution in [3.63, 3.8) is 0 Å². The molecule has 0 aromatic rings. The first-order valence-electron chi connectivity index (χ1n) is 35.7. The van der Waals surface area contributed by atoms with Gasteiger partial charge in [0.1, 0.15) is 13.2 Å². The molecule has 3 unspecified atom stereocenters. The van der Waals surface area contributed by atoms with Crippen molar-refractivity contribution in [1.29, 1.82) is 0 Å². The lowest BCUT2D eigenvalue weighted by atomic mass is 10.0. The van der Waals surface area contributed by atoms with Crippen LogP contribution >= 0.6 is 7.82 Å². The molecule has 0 aliphatic rings. The first kappa shape index (κ1) is 79.0. The summed E-state index contributed by atoms with van der Waals surface area (Å²) in [4.78, 5) is 25.6. The third kappa shape index (κ3) is 64.5. The number of hydrogen-bond acceptors (Lipinski definition) is 6. The highest BCUT2D eigenvalue weighted by atomic mass is 31.2. The number of allylic oxidation sites excluding steroid dienone is 3. The van der Waals surface area contributed by atoms with Crippen LogP contribution in [0.3, 0.4) is 0 Å². The highest BCUT2D eigenvalue weighted by molar-refractivity contribution is 7.45. The Morgan fingerprint density at radius 2 is 0.700 bits per heavy atom. The fourth-order valence-corrected chi connectivity index (χ4v) is 11.8. The Bertz CT molecular complexity index is 1350. The van der Waals surface area contributed by atoms with Crippen molar-refractivity contribution in [2.45, 2.75) is 386 Å². The molecule has 0 saturated carbocycles. The van der Waals surface area contributed by atoms with Gasteiger partial charge < -0.3 is 28.8 Å². The molecule has 0 aromatic heterocycles. The molecule has 0 radical (unpaired) electrons. The van der Waals surface area contributed by atoms with Gasteiger partial charge in [0, 0.05) is 6.42 Å². The lowest BCUT2D eigenvalue weighted by Gasteiger charge is -2.29. The van der Waals surface area contributed by atoms with E-state index < -0.39 is 20.0 Å². The maximum Gasteiger partial charge on any atom is 0.268 e. The summed E-state index contributed by atoms with van der Waals surface area (Å²) < 4.78 is 23.4. The number of aliphatic hydroxyl groups is 1. The van der Waals surface area contributed by atoms with Crippen molar-refractivity contribution >= 4 is 13.7 Å². The van der Waals surface area contributed by atoms with Crippen LogP contribution in [0.5, 0.6) is 0 Å². The number of carbonyl (C=O) groups is 1. The van der Waals surface area contributed by atoms with Gasteiger partial charge in [0.25, 0.3) is 7.82 Å². The maximum atomic E-state index is 13.0. The van der Waals surface area contributed by atoms with Gasteiger partial charge in [-0.2, -0.15) is 0 Å². The van der Waals surface area contributed by atoms with Crippen LogP contribution in [0, 0.1) is 0 Å². The number of quaternary nitrogens is 1. The van der Waals surface area contributed by atoms with Crippen LogP contribution in [0.4, 0.5) is 0 Å². The van der Waals surface area contributed by atoms with Gasteiger partial charge in [-0.1, -0.05) is 359 Å². The number of rotatable bonds is 67. The quantitative estimate of drug-likeness (QED) is 0.0272. The molecule has 8 nitrogen and oxygen atoms in total. The predicted octanol–water partition coefficient (Wildman–Crippen LogP) is 22.0. The van der Waals surface area contributed by atoms with E-state index >= 15 is 0 Å². The zero-order valence-corrected chi connectivity index (χ0v) is 55.5. The molecule has 0 aromatic carbocycles. The van der Waals surface area contributed by atoms with Crippen LogP contribution < -0.4 is 10.2 Å². The molecule has 0 aliphatic carbocycles. The second kappa shape index (κ2) is 62.5. The van der Waals surface area contributed by atoms with Crippen molar-refractivity contribution < 1.29 is 32.9 Å². The molecule has 0 bridgehead atoms. The van der Waals surface area contributed by atoms with Crippen molar-refractivity contribution in [3.05, 3.63) is 24.3 Å². The number of hydrogen-bond donors (Lipinski definition) is 2. The lowest BCUT2D eigenvalue weighted by Crippen LogP contribution is -2.45. The molecule has 3 atom stereocenters. The molecule has 0 rings (SSSR count). The van der Waals surface area contributed by atoms with Crippen LogP contribution in [0.15, 0.2) is 24.3 Å². The van der Waals surface area contributed by atoms with Crippen LogP contribution in [0.2, 0.25) is 0 Å². The molecule has 0 saturated heterocycles. The Kier molecular flexibility index (Phi) is 61.7. The van der Waals surface area contributed by atoms with Crippen molar-refractivity contribution in [3.8, 4) is 0 Å². The minimum Gasteiger partial charge on any atom is -0.756 e. The summed E-state index contributed by atoms with van der Waals surface area (Å²) in [7, 11) is 1.26. The molecule has 0 heterocycles. The summed E-state index contributed by atoms with van der Waals surface area (Å²) in [5.41, 5.74) is 0. The number of phosphoric ester groups is 1. The maximum absolute atomic E-state index is 13.0. The second-order valence-corrected chi connectivity index (χ2v) is 27.4. The van der Waals surface area contributed by atoms with Gasteiger partial charge in [-0.15, -0.1) is 0 Å².